The highest BCUT2D eigenvalue weighted by Gasteiger charge is 2.25. The van der Waals surface area contributed by atoms with Crippen LogP contribution in [0.15, 0.2) is 41.4 Å². The third kappa shape index (κ3) is 3.83. The molecule has 2 heterocycles. The van der Waals surface area contributed by atoms with Gasteiger partial charge in [0, 0.05) is 44.2 Å². The van der Waals surface area contributed by atoms with Crippen LogP contribution in [0.3, 0.4) is 0 Å². The lowest BCUT2D eigenvalue weighted by atomic mass is 10.1. The Morgan fingerprint density at radius 3 is 2.46 bits per heavy atom. The summed E-state index contributed by atoms with van der Waals surface area (Å²) in [5, 5.41) is 0.587. The number of pyridine rings is 1. The average molecular weight is 394 g/mol. The van der Waals surface area contributed by atoms with Crippen LogP contribution in [-0.2, 0) is 9.84 Å². The van der Waals surface area contributed by atoms with Gasteiger partial charge in [0.1, 0.15) is 5.82 Å². The largest absolute Gasteiger partial charge is 0.352 e. The van der Waals surface area contributed by atoms with Crippen LogP contribution >= 0.6 is 11.6 Å². The molecule has 0 atom stereocenters. The molecule has 1 amide bonds. The summed E-state index contributed by atoms with van der Waals surface area (Å²) in [6.07, 6.45) is 2.83. The fourth-order valence-corrected chi connectivity index (χ4v) is 3.85. The van der Waals surface area contributed by atoms with E-state index in [-0.39, 0.29) is 10.8 Å². The third-order valence-electron chi connectivity index (χ3n) is 4.47. The van der Waals surface area contributed by atoms with Crippen molar-refractivity contribution in [2.45, 2.75) is 11.8 Å². The number of anilines is 1. The predicted octanol–water partition coefficient (Wildman–Crippen LogP) is 2.41. The number of hydrogen-bond acceptors (Lipinski definition) is 5. The summed E-state index contributed by atoms with van der Waals surface area (Å²) in [5.74, 6) is 0.566. The standard InChI is InChI=1S/C18H20ClN3O3S/c1-13-5-6-14(26(2,24)25)12-15(13)18(23)22-10-8-21(9-11-22)17-16(19)4-3-7-20-17/h3-7,12H,8-11H2,1-2H3. The number of nitrogens with zero attached hydrogens (tertiary/aromatic N) is 3. The van der Waals surface area contributed by atoms with Gasteiger partial charge in [0.05, 0.1) is 9.92 Å². The molecule has 1 aliphatic heterocycles. The molecule has 1 aliphatic rings. The lowest BCUT2D eigenvalue weighted by Crippen LogP contribution is -2.49. The molecule has 0 radical (unpaired) electrons. The zero-order valence-electron chi connectivity index (χ0n) is 14.6. The molecule has 0 bridgehead atoms. The second kappa shape index (κ2) is 7.25. The minimum Gasteiger partial charge on any atom is -0.352 e. The molecular weight excluding hydrogens is 374 g/mol. The first-order valence-electron chi connectivity index (χ1n) is 8.23. The van der Waals surface area contributed by atoms with E-state index in [0.717, 1.165) is 17.6 Å². The van der Waals surface area contributed by atoms with Crippen LogP contribution in [-0.4, -0.2) is 56.6 Å². The molecule has 1 fully saturated rings. The van der Waals surface area contributed by atoms with Crippen molar-refractivity contribution in [1.82, 2.24) is 9.88 Å². The summed E-state index contributed by atoms with van der Waals surface area (Å²) >= 11 is 6.19. The molecule has 26 heavy (non-hydrogen) atoms. The number of carbonyl (C=O) groups is 1. The minimum absolute atomic E-state index is 0.153. The van der Waals surface area contributed by atoms with Crippen LogP contribution in [0.1, 0.15) is 15.9 Å². The minimum atomic E-state index is -3.36. The zero-order chi connectivity index (χ0) is 18.9. The van der Waals surface area contributed by atoms with Crippen molar-refractivity contribution >= 4 is 33.2 Å². The summed E-state index contributed by atoms with van der Waals surface area (Å²) in [4.78, 5) is 21.1. The van der Waals surface area contributed by atoms with E-state index in [9.17, 15) is 13.2 Å². The Morgan fingerprint density at radius 2 is 1.85 bits per heavy atom. The van der Waals surface area contributed by atoms with E-state index in [1.807, 2.05) is 11.8 Å². The SMILES string of the molecule is Cc1ccc(S(C)(=O)=O)cc1C(=O)N1CCN(c2ncccc2Cl)CC1. The Hall–Kier alpha value is -2.12. The van der Waals surface area contributed by atoms with E-state index in [2.05, 4.69) is 4.98 Å². The van der Waals surface area contributed by atoms with E-state index in [4.69, 9.17) is 11.6 Å². The molecule has 1 aromatic carbocycles. The molecule has 6 nitrogen and oxygen atoms in total. The maximum atomic E-state index is 12.9. The van der Waals surface area contributed by atoms with Gasteiger partial charge in [-0.05, 0) is 36.8 Å². The molecule has 138 valence electrons. The van der Waals surface area contributed by atoms with Crippen molar-refractivity contribution in [2.24, 2.45) is 0 Å². The van der Waals surface area contributed by atoms with Crippen molar-refractivity contribution in [1.29, 1.82) is 0 Å². The maximum absolute atomic E-state index is 12.9. The molecule has 0 N–H and O–H groups in total. The molecule has 1 saturated heterocycles. The second-order valence-corrected chi connectivity index (χ2v) is 8.76. The van der Waals surface area contributed by atoms with E-state index in [1.54, 1.807) is 29.3 Å². The predicted molar refractivity (Wildman–Crippen MR) is 102 cm³/mol. The Labute approximate surface area is 158 Å². The van der Waals surface area contributed by atoms with Crippen LogP contribution < -0.4 is 4.90 Å². The summed E-state index contributed by atoms with van der Waals surface area (Å²) in [6.45, 7) is 4.09. The number of carbonyl (C=O) groups excluding carboxylic acids is 1. The van der Waals surface area contributed by atoms with Gasteiger partial charge in [-0.1, -0.05) is 17.7 Å². The zero-order valence-corrected chi connectivity index (χ0v) is 16.2. The highest BCUT2D eigenvalue weighted by Crippen LogP contribution is 2.24. The van der Waals surface area contributed by atoms with Gasteiger partial charge in [-0.3, -0.25) is 4.79 Å². The third-order valence-corrected chi connectivity index (χ3v) is 5.88. The highest BCUT2D eigenvalue weighted by molar-refractivity contribution is 7.90. The fourth-order valence-electron chi connectivity index (χ4n) is 2.96. The number of amides is 1. The molecule has 0 unspecified atom stereocenters. The summed E-state index contributed by atoms with van der Waals surface area (Å²) in [6, 6.07) is 8.25. The fraction of sp³-hybridized carbons (Fsp3) is 0.333. The smallest absolute Gasteiger partial charge is 0.254 e. The topological polar surface area (TPSA) is 70.6 Å². The van der Waals surface area contributed by atoms with Crippen molar-refractivity contribution in [2.75, 3.05) is 37.3 Å². The molecule has 3 rings (SSSR count). The van der Waals surface area contributed by atoms with Crippen molar-refractivity contribution in [3.8, 4) is 0 Å². The molecule has 0 aliphatic carbocycles. The number of benzene rings is 1. The van der Waals surface area contributed by atoms with E-state index in [1.165, 1.54) is 12.1 Å². The van der Waals surface area contributed by atoms with Gasteiger partial charge in [-0.25, -0.2) is 13.4 Å². The van der Waals surface area contributed by atoms with Gasteiger partial charge in [-0.2, -0.15) is 0 Å². The number of sulfone groups is 1. The molecular formula is C18H20ClN3O3S. The molecule has 2 aromatic rings. The number of aryl methyl sites for hydroxylation is 1. The van der Waals surface area contributed by atoms with Crippen molar-refractivity contribution in [3.05, 3.63) is 52.7 Å². The summed E-state index contributed by atoms with van der Waals surface area (Å²) < 4.78 is 23.6. The van der Waals surface area contributed by atoms with Gasteiger partial charge in [-0.15, -0.1) is 0 Å². The number of piperazine rings is 1. The number of halogens is 1. The molecule has 8 heteroatoms. The van der Waals surface area contributed by atoms with Crippen LogP contribution in [0.5, 0.6) is 0 Å². The molecule has 0 saturated carbocycles. The van der Waals surface area contributed by atoms with Gasteiger partial charge in [0.15, 0.2) is 9.84 Å². The van der Waals surface area contributed by atoms with Crippen molar-refractivity contribution in [3.63, 3.8) is 0 Å². The lowest BCUT2D eigenvalue weighted by Gasteiger charge is -2.36. The Bertz CT molecular complexity index is 938. The van der Waals surface area contributed by atoms with Gasteiger partial charge >= 0.3 is 0 Å². The Balaban J connectivity index is 1.76. The van der Waals surface area contributed by atoms with Crippen LogP contribution in [0.25, 0.3) is 0 Å². The first kappa shape index (κ1) is 18.7. The van der Waals surface area contributed by atoms with E-state index < -0.39 is 9.84 Å². The first-order chi connectivity index (χ1) is 12.3. The monoisotopic (exact) mass is 393 g/mol. The van der Waals surface area contributed by atoms with E-state index in [0.29, 0.717) is 36.8 Å². The molecule has 1 aromatic heterocycles. The van der Waals surface area contributed by atoms with Crippen LogP contribution in [0, 0.1) is 6.92 Å². The number of rotatable bonds is 3. The lowest BCUT2D eigenvalue weighted by molar-refractivity contribution is 0.0745. The van der Waals surface area contributed by atoms with Crippen molar-refractivity contribution < 1.29 is 13.2 Å². The van der Waals surface area contributed by atoms with Crippen LogP contribution in [0.4, 0.5) is 5.82 Å². The summed E-state index contributed by atoms with van der Waals surface area (Å²) in [5.41, 5.74) is 1.19. The maximum Gasteiger partial charge on any atom is 0.254 e. The number of aromatic nitrogens is 1. The van der Waals surface area contributed by atoms with E-state index >= 15 is 0 Å². The van der Waals surface area contributed by atoms with Crippen LogP contribution in [0.2, 0.25) is 5.02 Å². The highest BCUT2D eigenvalue weighted by atomic mass is 35.5. The first-order valence-corrected chi connectivity index (χ1v) is 10.5. The molecule has 0 spiro atoms. The number of hydrogen-bond donors (Lipinski definition) is 0. The quantitative estimate of drug-likeness (QED) is 0.800. The normalized spacial score (nSPS) is 15.2. The Kier molecular flexibility index (Phi) is 5.20. The Morgan fingerprint density at radius 1 is 1.15 bits per heavy atom. The summed E-state index contributed by atoms with van der Waals surface area (Å²) in [7, 11) is -3.36. The average Bonchev–Trinajstić information content (AvgIpc) is 2.61. The van der Waals surface area contributed by atoms with Gasteiger partial charge < -0.3 is 9.80 Å². The second-order valence-electron chi connectivity index (χ2n) is 6.34. The van der Waals surface area contributed by atoms with Gasteiger partial charge in [0.25, 0.3) is 5.91 Å². The van der Waals surface area contributed by atoms with Gasteiger partial charge in [0.2, 0.25) is 0 Å².